The van der Waals surface area contributed by atoms with Crippen molar-refractivity contribution >= 4 is 16.0 Å². The van der Waals surface area contributed by atoms with Gasteiger partial charge in [0, 0.05) is 6.54 Å². The van der Waals surface area contributed by atoms with Gasteiger partial charge in [0.1, 0.15) is 0 Å². The minimum Gasteiger partial charge on any atom is -0.465 e. The molecule has 17 heavy (non-hydrogen) atoms. The van der Waals surface area contributed by atoms with Crippen LogP contribution in [-0.2, 0) is 19.6 Å². The number of rotatable bonds is 8. The van der Waals surface area contributed by atoms with Crippen LogP contribution in [0.3, 0.4) is 0 Å². The Hall–Kier alpha value is -0.660. The highest BCUT2D eigenvalue weighted by molar-refractivity contribution is 7.90. The van der Waals surface area contributed by atoms with E-state index in [4.69, 9.17) is 0 Å². The molecule has 0 spiro atoms. The lowest BCUT2D eigenvalue weighted by molar-refractivity contribution is -0.139. The summed E-state index contributed by atoms with van der Waals surface area (Å²) < 4.78 is 29.7. The number of ether oxygens (including phenoxy) is 1. The molecule has 0 fully saturated rings. The van der Waals surface area contributed by atoms with Crippen LogP contribution < -0.4 is 4.72 Å². The first kappa shape index (κ1) is 16.3. The molecular weight excluding hydrogens is 246 g/mol. The lowest BCUT2D eigenvalue weighted by atomic mass is 9.98. The van der Waals surface area contributed by atoms with Gasteiger partial charge in [-0.3, -0.25) is 4.79 Å². The molecule has 0 aliphatic heterocycles. The van der Waals surface area contributed by atoms with Crippen LogP contribution in [0.1, 0.15) is 33.6 Å². The third-order valence-electron chi connectivity index (χ3n) is 2.55. The van der Waals surface area contributed by atoms with E-state index in [0.29, 0.717) is 12.8 Å². The molecule has 0 bridgehead atoms. The van der Waals surface area contributed by atoms with Gasteiger partial charge in [-0.15, -0.1) is 0 Å². The quantitative estimate of drug-likeness (QED) is 0.605. The van der Waals surface area contributed by atoms with E-state index in [1.807, 2.05) is 0 Å². The van der Waals surface area contributed by atoms with Crippen molar-refractivity contribution in [2.75, 3.05) is 18.9 Å². The molecule has 0 aromatic rings. The monoisotopic (exact) mass is 267 g/mol. The summed E-state index contributed by atoms with van der Waals surface area (Å²) >= 11 is 0. The summed E-state index contributed by atoms with van der Waals surface area (Å²) in [6.45, 7) is 5.18. The molecule has 0 amide bonds. The maximum absolute atomic E-state index is 11.5. The second-order valence-corrected chi connectivity index (χ2v) is 5.62. The second-order valence-electron chi connectivity index (χ2n) is 3.82. The van der Waals surface area contributed by atoms with E-state index < -0.39 is 27.3 Å². The summed E-state index contributed by atoms with van der Waals surface area (Å²) in [7, 11) is -3.74. The van der Waals surface area contributed by atoms with Crippen LogP contribution in [0, 0.1) is 0 Å². The zero-order chi connectivity index (χ0) is 13.5. The average molecular weight is 267 g/mol. The van der Waals surface area contributed by atoms with Gasteiger partial charge >= 0.3 is 5.97 Å². The van der Waals surface area contributed by atoms with Gasteiger partial charge in [0.15, 0.2) is 5.75 Å². The molecule has 0 heterocycles. The van der Waals surface area contributed by atoms with Crippen molar-refractivity contribution in [2.24, 2.45) is 0 Å². The predicted octanol–water partition coefficient (Wildman–Crippen LogP) is 0.0200. The Bertz CT molecular complexity index is 335. The smallest absolute Gasteiger partial charge is 0.322 e. The van der Waals surface area contributed by atoms with E-state index in [1.54, 1.807) is 20.8 Å². The highest BCUT2D eigenvalue weighted by Crippen LogP contribution is 2.13. The third kappa shape index (κ3) is 6.60. The summed E-state index contributed by atoms with van der Waals surface area (Å²) in [6.07, 6.45) is 0.872. The van der Waals surface area contributed by atoms with E-state index in [0.717, 1.165) is 0 Å². The normalized spacial score (nSPS) is 12.5. The largest absolute Gasteiger partial charge is 0.465 e. The minimum atomic E-state index is -3.74. The van der Waals surface area contributed by atoms with E-state index in [-0.39, 0.29) is 13.2 Å². The number of sulfonamides is 1. The van der Waals surface area contributed by atoms with E-state index in [1.165, 1.54) is 0 Å². The molecule has 0 saturated heterocycles. The maximum Gasteiger partial charge on any atom is 0.322 e. The number of aliphatic hydroxyl groups is 1. The van der Waals surface area contributed by atoms with E-state index >= 15 is 0 Å². The minimum absolute atomic E-state index is 0.0955. The van der Waals surface area contributed by atoms with Gasteiger partial charge in [0.05, 0.1) is 12.2 Å². The molecule has 0 rings (SSSR count). The fourth-order valence-corrected chi connectivity index (χ4v) is 2.14. The molecule has 0 aliphatic carbocycles. The summed E-state index contributed by atoms with van der Waals surface area (Å²) in [5.74, 6) is -1.51. The van der Waals surface area contributed by atoms with E-state index in [2.05, 4.69) is 9.46 Å². The Balaban J connectivity index is 4.32. The summed E-state index contributed by atoms with van der Waals surface area (Å²) in [5.41, 5.74) is -1.07. The topological polar surface area (TPSA) is 92.7 Å². The fourth-order valence-electron chi connectivity index (χ4n) is 1.15. The Morgan fingerprint density at radius 3 is 2.24 bits per heavy atom. The highest BCUT2D eigenvalue weighted by Gasteiger charge is 2.26. The number of hydrogen-bond acceptors (Lipinski definition) is 5. The molecule has 0 unspecified atom stereocenters. The Morgan fingerprint density at radius 1 is 1.29 bits per heavy atom. The Kier molecular flexibility index (Phi) is 6.66. The lowest BCUT2D eigenvalue weighted by Gasteiger charge is -2.25. The Labute approximate surface area is 102 Å². The van der Waals surface area contributed by atoms with Crippen molar-refractivity contribution in [1.82, 2.24) is 4.72 Å². The van der Waals surface area contributed by atoms with Gasteiger partial charge < -0.3 is 9.84 Å². The van der Waals surface area contributed by atoms with Crippen LogP contribution in [0.5, 0.6) is 0 Å². The van der Waals surface area contributed by atoms with Crippen molar-refractivity contribution in [1.29, 1.82) is 0 Å². The molecular formula is C10H21NO5S. The van der Waals surface area contributed by atoms with Crippen LogP contribution in [-0.4, -0.2) is 44.0 Å². The molecule has 0 aromatic carbocycles. The van der Waals surface area contributed by atoms with E-state index in [9.17, 15) is 18.3 Å². The molecule has 102 valence electrons. The third-order valence-corrected chi connectivity index (χ3v) is 3.75. The van der Waals surface area contributed by atoms with Gasteiger partial charge in [0.2, 0.25) is 10.0 Å². The van der Waals surface area contributed by atoms with Gasteiger partial charge in [-0.2, -0.15) is 0 Å². The summed E-state index contributed by atoms with van der Waals surface area (Å²) in [4.78, 5) is 11.0. The molecule has 6 nitrogen and oxygen atoms in total. The number of carbonyl (C=O) groups excluding carboxylic acids is 1. The Morgan fingerprint density at radius 2 is 1.82 bits per heavy atom. The molecule has 0 aromatic heterocycles. The van der Waals surface area contributed by atoms with Gasteiger partial charge in [-0.25, -0.2) is 13.1 Å². The van der Waals surface area contributed by atoms with Crippen molar-refractivity contribution in [3.05, 3.63) is 0 Å². The molecule has 0 atom stereocenters. The standard InChI is InChI=1S/C10H21NO5S/c1-4-10(13,5-2)8-11-17(14,15)7-9(12)16-6-3/h11,13H,4-8H2,1-3H3. The van der Waals surface area contributed by atoms with Crippen molar-refractivity contribution in [2.45, 2.75) is 39.2 Å². The maximum atomic E-state index is 11.5. The first-order chi connectivity index (χ1) is 7.78. The molecule has 2 N–H and O–H groups in total. The number of esters is 1. The average Bonchev–Trinajstić information content (AvgIpc) is 2.26. The van der Waals surface area contributed by atoms with Crippen molar-refractivity contribution in [3.8, 4) is 0 Å². The SMILES string of the molecule is CCOC(=O)CS(=O)(=O)NCC(O)(CC)CC. The van der Waals surface area contributed by atoms with Crippen LogP contribution >= 0.6 is 0 Å². The zero-order valence-electron chi connectivity index (χ0n) is 10.5. The predicted molar refractivity (Wildman–Crippen MR) is 64.0 cm³/mol. The first-order valence-electron chi connectivity index (χ1n) is 5.64. The molecule has 7 heteroatoms. The molecule has 0 saturated carbocycles. The summed E-state index contributed by atoms with van der Waals surface area (Å²) in [6, 6.07) is 0. The highest BCUT2D eigenvalue weighted by atomic mass is 32.2. The summed E-state index contributed by atoms with van der Waals surface area (Å²) in [5, 5.41) is 9.89. The van der Waals surface area contributed by atoms with Crippen LogP contribution in [0.2, 0.25) is 0 Å². The van der Waals surface area contributed by atoms with Crippen molar-refractivity contribution < 1.29 is 23.1 Å². The van der Waals surface area contributed by atoms with Crippen LogP contribution in [0.4, 0.5) is 0 Å². The molecule has 0 radical (unpaired) electrons. The van der Waals surface area contributed by atoms with Crippen LogP contribution in [0.25, 0.3) is 0 Å². The van der Waals surface area contributed by atoms with Gasteiger partial charge in [-0.05, 0) is 19.8 Å². The number of carbonyl (C=O) groups is 1. The number of hydrogen-bond donors (Lipinski definition) is 2. The van der Waals surface area contributed by atoms with Crippen molar-refractivity contribution in [3.63, 3.8) is 0 Å². The van der Waals surface area contributed by atoms with Gasteiger partial charge in [0.25, 0.3) is 0 Å². The second kappa shape index (κ2) is 6.93. The van der Waals surface area contributed by atoms with Gasteiger partial charge in [-0.1, -0.05) is 13.8 Å². The zero-order valence-corrected chi connectivity index (χ0v) is 11.3. The molecule has 0 aliphatic rings. The first-order valence-corrected chi connectivity index (χ1v) is 7.29. The van der Waals surface area contributed by atoms with Crippen LogP contribution in [0.15, 0.2) is 0 Å². The number of nitrogens with one attached hydrogen (secondary N) is 1. The lowest BCUT2D eigenvalue weighted by Crippen LogP contribution is -2.43. The fraction of sp³-hybridized carbons (Fsp3) is 0.900.